The van der Waals surface area contributed by atoms with Crippen LogP contribution < -0.4 is 10.1 Å². The lowest BCUT2D eigenvalue weighted by atomic mass is 9.80. The Labute approximate surface area is 220 Å². The summed E-state index contributed by atoms with van der Waals surface area (Å²) < 4.78 is 5.43. The molecule has 1 aromatic heterocycles. The lowest BCUT2D eigenvalue weighted by Gasteiger charge is -2.32. The molecule has 2 N–H and O–H groups in total. The SMILES string of the molecule is COc1cccc2[nH]c(C(=O)N(C)[C@@H](CC3CC3)C(=O)N3C[C@]4(CC3C#N)C(=O)Nc3ccccc34)cc12. The van der Waals surface area contributed by atoms with Gasteiger partial charge < -0.3 is 24.8 Å². The fourth-order valence-corrected chi connectivity index (χ4v) is 6.02. The highest BCUT2D eigenvalue weighted by molar-refractivity contribution is 6.07. The summed E-state index contributed by atoms with van der Waals surface area (Å²) in [5.41, 5.74) is 1.70. The van der Waals surface area contributed by atoms with Crippen molar-refractivity contribution in [2.24, 2.45) is 5.92 Å². The number of likely N-dealkylation sites (tertiary alicyclic amines) is 1. The lowest BCUT2D eigenvalue weighted by molar-refractivity contribution is -0.136. The fourth-order valence-electron chi connectivity index (χ4n) is 6.02. The Bertz CT molecular complexity index is 1500. The van der Waals surface area contributed by atoms with Gasteiger partial charge in [-0.15, -0.1) is 0 Å². The molecule has 2 aromatic carbocycles. The number of carbonyl (C=O) groups excluding carboxylic acids is 3. The van der Waals surface area contributed by atoms with Crippen LogP contribution in [0.25, 0.3) is 10.9 Å². The van der Waals surface area contributed by atoms with Gasteiger partial charge in [0, 0.05) is 36.6 Å². The first kappa shape index (κ1) is 24.0. The minimum absolute atomic E-state index is 0.111. The van der Waals surface area contributed by atoms with Gasteiger partial charge in [-0.25, -0.2) is 0 Å². The zero-order valence-corrected chi connectivity index (χ0v) is 21.4. The molecule has 9 heteroatoms. The normalized spacial score (nSPS) is 22.7. The number of fused-ring (bicyclic) bond motifs is 3. The number of amides is 3. The summed E-state index contributed by atoms with van der Waals surface area (Å²) in [6.07, 6.45) is 2.77. The Morgan fingerprint density at radius 3 is 2.76 bits per heavy atom. The first-order valence-corrected chi connectivity index (χ1v) is 12.9. The number of H-pyrrole nitrogens is 1. The number of ether oxygens (including phenoxy) is 1. The Morgan fingerprint density at radius 1 is 1.24 bits per heavy atom. The third kappa shape index (κ3) is 3.71. The number of nitrogens with one attached hydrogen (secondary N) is 2. The van der Waals surface area contributed by atoms with E-state index in [1.54, 1.807) is 20.2 Å². The molecule has 194 valence electrons. The summed E-state index contributed by atoms with van der Waals surface area (Å²) >= 11 is 0. The maximum absolute atomic E-state index is 14.1. The average Bonchev–Trinajstić information content (AvgIpc) is 3.40. The maximum Gasteiger partial charge on any atom is 0.270 e. The number of para-hydroxylation sites is 1. The fraction of sp³-hybridized carbons (Fsp3) is 0.379. The van der Waals surface area contributed by atoms with Gasteiger partial charge in [0.1, 0.15) is 23.5 Å². The molecule has 1 saturated carbocycles. The van der Waals surface area contributed by atoms with Crippen molar-refractivity contribution in [1.29, 1.82) is 5.26 Å². The number of anilines is 1. The number of benzene rings is 2. The zero-order valence-electron chi connectivity index (χ0n) is 21.4. The van der Waals surface area contributed by atoms with Crippen molar-refractivity contribution in [3.8, 4) is 11.8 Å². The molecule has 38 heavy (non-hydrogen) atoms. The van der Waals surface area contributed by atoms with Crippen molar-refractivity contribution in [3.63, 3.8) is 0 Å². The van der Waals surface area contributed by atoms with E-state index in [-0.39, 0.29) is 30.7 Å². The number of methoxy groups -OCH3 is 1. The highest BCUT2D eigenvalue weighted by Gasteiger charge is 2.57. The summed E-state index contributed by atoms with van der Waals surface area (Å²) in [7, 11) is 3.22. The maximum atomic E-state index is 14.1. The highest BCUT2D eigenvalue weighted by Crippen LogP contribution is 2.47. The lowest BCUT2D eigenvalue weighted by Crippen LogP contribution is -2.51. The summed E-state index contributed by atoms with van der Waals surface area (Å²) in [5.74, 6) is 0.218. The van der Waals surface area contributed by atoms with E-state index in [9.17, 15) is 19.6 Å². The van der Waals surface area contributed by atoms with E-state index < -0.39 is 17.5 Å². The molecule has 0 bridgehead atoms. The molecule has 6 rings (SSSR count). The van der Waals surface area contributed by atoms with Gasteiger partial charge in [0.2, 0.25) is 11.8 Å². The van der Waals surface area contributed by atoms with E-state index in [2.05, 4.69) is 16.4 Å². The molecular formula is C29H29N5O4. The van der Waals surface area contributed by atoms with E-state index in [4.69, 9.17) is 4.74 Å². The van der Waals surface area contributed by atoms with Gasteiger partial charge in [-0.3, -0.25) is 14.4 Å². The summed E-state index contributed by atoms with van der Waals surface area (Å²) in [5, 5.41) is 13.7. The third-order valence-corrected chi connectivity index (χ3v) is 8.32. The van der Waals surface area contributed by atoms with Crippen LogP contribution in [0.5, 0.6) is 5.75 Å². The number of nitriles is 1. The number of nitrogens with zero attached hydrogens (tertiary/aromatic N) is 3. The monoisotopic (exact) mass is 511 g/mol. The van der Waals surface area contributed by atoms with Crippen LogP contribution in [0, 0.1) is 17.2 Å². The Kier molecular flexibility index (Phi) is 5.64. The second-order valence-corrected chi connectivity index (χ2v) is 10.6. The Hall–Kier alpha value is -4.32. The number of likely N-dealkylation sites (N-methyl/N-ethyl adjacent to an activating group) is 1. The van der Waals surface area contributed by atoms with Crippen LogP contribution in [0.1, 0.15) is 41.7 Å². The summed E-state index contributed by atoms with van der Waals surface area (Å²) in [6, 6.07) is 15.5. The smallest absolute Gasteiger partial charge is 0.270 e. The van der Waals surface area contributed by atoms with Crippen molar-refractivity contribution in [2.75, 3.05) is 26.0 Å². The van der Waals surface area contributed by atoms with Crippen LogP contribution in [-0.4, -0.2) is 65.3 Å². The number of carbonyl (C=O) groups is 3. The molecule has 1 aliphatic carbocycles. The summed E-state index contributed by atoms with van der Waals surface area (Å²) in [6.45, 7) is 0.111. The minimum atomic E-state index is -0.965. The van der Waals surface area contributed by atoms with E-state index in [1.807, 2.05) is 42.5 Å². The van der Waals surface area contributed by atoms with Crippen LogP contribution >= 0.6 is 0 Å². The molecule has 3 aromatic rings. The van der Waals surface area contributed by atoms with Crippen LogP contribution in [0.15, 0.2) is 48.5 Å². The molecule has 3 aliphatic rings. The van der Waals surface area contributed by atoms with Crippen molar-refractivity contribution in [1.82, 2.24) is 14.8 Å². The molecule has 1 unspecified atom stereocenters. The molecular weight excluding hydrogens is 482 g/mol. The topological polar surface area (TPSA) is 119 Å². The second kappa shape index (κ2) is 8.91. The van der Waals surface area contributed by atoms with E-state index in [0.717, 1.165) is 35.0 Å². The molecule has 2 fully saturated rings. The van der Waals surface area contributed by atoms with Gasteiger partial charge in [-0.2, -0.15) is 5.26 Å². The van der Waals surface area contributed by atoms with Gasteiger partial charge in [-0.05, 0) is 42.2 Å². The Balaban J connectivity index is 1.31. The molecule has 1 saturated heterocycles. The third-order valence-electron chi connectivity index (χ3n) is 8.32. The van der Waals surface area contributed by atoms with E-state index in [0.29, 0.717) is 23.8 Å². The molecule has 3 heterocycles. The minimum Gasteiger partial charge on any atom is -0.496 e. The van der Waals surface area contributed by atoms with Gasteiger partial charge >= 0.3 is 0 Å². The van der Waals surface area contributed by atoms with Crippen molar-refractivity contribution in [2.45, 2.75) is 43.2 Å². The predicted octanol–water partition coefficient (Wildman–Crippen LogP) is 3.43. The molecule has 2 aliphatic heterocycles. The van der Waals surface area contributed by atoms with Gasteiger partial charge in [0.15, 0.2) is 0 Å². The molecule has 3 atom stereocenters. The standard InChI is InChI=1S/C29H29N5O4/c1-33(26(35)23-13-19-21(31-23)8-5-9-25(19)38-2)24(12-17-10-11-17)27(36)34-16-29(14-18(34)15-30)20-6-3-4-7-22(20)32-28(29)37/h3-9,13,17-18,24,31H,10-12,14,16H2,1-2H3,(H,32,37)/t18?,24-,29-/m0/s1. The largest absolute Gasteiger partial charge is 0.496 e. The van der Waals surface area contributed by atoms with Gasteiger partial charge in [0.05, 0.1) is 18.6 Å². The number of aromatic amines is 1. The summed E-state index contributed by atoms with van der Waals surface area (Å²) in [4.78, 5) is 47.1. The number of hydrogen-bond donors (Lipinski definition) is 2. The van der Waals surface area contributed by atoms with Crippen LogP contribution in [0.3, 0.4) is 0 Å². The Morgan fingerprint density at radius 2 is 2.03 bits per heavy atom. The zero-order chi connectivity index (χ0) is 26.6. The second-order valence-electron chi connectivity index (χ2n) is 10.6. The van der Waals surface area contributed by atoms with Gasteiger partial charge in [0.25, 0.3) is 5.91 Å². The molecule has 9 nitrogen and oxygen atoms in total. The van der Waals surface area contributed by atoms with Crippen molar-refractivity contribution >= 4 is 34.3 Å². The first-order valence-electron chi connectivity index (χ1n) is 12.9. The molecule has 0 radical (unpaired) electrons. The highest BCUT2D eigenvalue weighted by atomic mass is 16.5. The number of aromatic nitrogens is 1. The number of hydrogen-bond acceptors (Lipinski definition) is 5. The van der Waals surface area contributed by atoms with Crippen molar-refractivity contribution in [3.05, 3.63) is 59.8 Å². The van der Waals surface area contributed by atoms with Gasteiger partial charge in [-0.1, -0.05) is 37.1 Å². The van der Waals surface area contributed by atoms with Crippen molar-refractivity contribution < 1.29 is 19.1 Å². The van der Waals surface area contributed by atoms with E-state index in [1.165, 1.54) is 9.80 Å². The predicted molar refractivity (Wildman–Crippen MR) is 141 cm³/mol. The molecule has 3 amide bonds. The van der Waals surface area contributed by atoms with E-state index >= 15 is 0 Å². The number of rotatable bonds is 6. The van der Waals surface area contributed by atoms with Crippen LogP contribution in [0.4, 0.5) is 5.69 Å². The van der Waals surface area contributed by atoms with Crippen LogP contribution in [0.2, 0.25) is 0 Å². The molecule has 1 spiro atoms. The van der Waals surface area contributed by atoms with Crippen LogP contribution in [-0.2, 0) is 15.0 Å². The first-order chi connectivity index (χ1) is 18.4. The quantitative estimate of drug-likeness (QED) is 0.526. The average molecular weight is 512 g/mol.